The molecule has 0 saturated carbocycles. The van der Waals surface area contributed by atoms with Crippen molar-refractivity contribution in [1.82, 2.24) is 25.4 Å². The Hall–Kier alpha value is -1.52. The molecular weight excluding hydrogens is 362 g/mol. The molecule has 10 heteroatoms. The summed E-state index contributed by atoms with van der Waals surface area (Å²) < 4.78 is 2.06. The van der Waals surface area contributed by atoms with Crippen LogP contribution in [0.25, 0.3) is 0 Å². The SMILES string of the molecule is c1cn(CC2CSC(NNC3=NC(Cc4cscn4)CS3)=N2)cn1. The van der Waals surface area contributed by atoms with E-state index in [0.29, 0.717) is 6.04 Å². The summed E-state index contributed by atoms with van der Waals surface area (Å²) in [5.41, 5.74) is 9.37. The van der Waals surface area contributed by atoms with E-state index in [0.717, 1.165) is 40.5 Å². The number of hydrazine groups is 1. The van der Waals surface area contributed by atoms with E-state index >= 15 is 0 Å². The summed E-state index contributed by atoms with van der Waals surface area (Å²) in [6.45, 7) is 0.865. The Labute approximate surface area is 152 Å². The van der Waals surface area contributed by atoms with Gasteiger partial charge in [0.2, 0.25) is 0 Å². The first kappa shape index (κ1) is 16.0. The highest BCUT2D eigenvalue weighted by atomic mass is 32.2. The number of thioether (sulfide) groups is 2. The first-order valence-corrected chi connectivity index (χ1v) is 10.5. The lowest BCUT2D eigenvalue weighted by molar-refractivity contribution is 0.601. The lowest BCUT2D eigenvalue weighted by Crippen LogP contribution is -2.38. The molecule has 0 spiro atoms. The molecule has 0 aromatic carbocycles. The van der Waals surface area contributed by atoms with Gasteiger partial charge in [0.1, 0.15) is 0 Å². The number of amidine groups is 2. The predicted octanol–water partition coefficient (Wildman–Crippen LogP) is 1.62. The van der Waals surface area contributed by atoms with Gasteiger partial charge in [-0.1, -0.05) is 23.5 Å². The van der Waals surface area contributed by atoms with Crippen molar-refractivity contribution in [3.05, 3.63) is 35.3 Å². The Morgan fingerprint density at radius 2 is 1.92 bits per heavy atom. The number of thiazole rings is 1. The Morgan fingerprint density at radius 1 is 1.12 bits per heavy atom. The molecule has 2 aliphatic rings. The number of hydrogen-bond acceptors (Lipinski definition) is 9. The molecule has 2 N–H and O–H groups in total. The zero-order valence-electron chi connectivity index (χ0n) is 12.8. The topological polar surface area (TPSA) is 79.5 Å². The molecule has 2 aromatic heterocycles. The van der Waals surface area contributed by atoms with E-state index in [2.05, 4.69) is 35.8 Å². The number of hydrogen-bond donors (Lipinski definition) is 2. The maximum Gasteiger partial charge on any atom is 0.175 e. The summed E-state index contributed by atoms with van der Waals surface area (Å²) >= 11 is 5.10. The van der Waals surface area contributed by atoms with Crippen LogP contribution in [0.3, 0.4) is 0 Å². The van der Waals surface area contributed by atoms with Crippen LogP contribution in [0, 0.1) is 0 Å². The van der Waals surface area contributed by atoms with Crippen LogP contribution in [0.15, 0.2) is 39.6 Å². The molecule has 0 bridgehead atoms. The summed E-state index contributed by atoms with van der Waals surface area (Å²) in [4.78, 5) is 17.8. The first-order valence-electron chi connectivity index (χ1n) is 7.61. The maximum atomic E-state index is 4.70. The summed E-state index contributed by atoms with van der Waals surface area (Å²) in [7, 11) is 0. The molecule has 126 valence electrons. The average molecular weight is 380 g/mol. The van der Waals surface area contributed by atoms with Gasteiger partial charge >= 0.3 is 0 Å². The third-order valence-electron chi connectivity index (χ3n) is 3.61. The molecular formula is C14H17N7S3. The van der Waals surface area contributed by atoms with Gasteiger partial charge in [-0.3, -0.25) is 20.8 Å². The van der Waals surface area contributed by atoms with E-state index < -0.39 is 0 Å². The van der Waals surface area contributed by atoms with Gasteiger partial charge in [-0.05, 0) is 0 Å². The summed E-state index contributed by atoms with van der Waals surface area (Å²) in [5.74, 6) is 1.97. The van der Waals surface area contributed by atoms with Crippen LogP contribution < -0.4 is 10.9 Å². The highest BCUT2D eigenvalue weighted by molar-refractivity contribution is 8.14. The average Bonchev–Trinajstić information content (AvgIpc) is 3.35. The van der Waals surface area contributed by atoms with Crippen molar-refractivity contribution in [2.45, 2.75) is 25.0 Å². The van der Waals surface area contributed by atoms with Crippen molar-refractivity contribution in [3.8, 4) is 0 Å². The zero-order chi connectivity index (χ0) is 16.2. The van der Waals surface area contributed by atoms with Gasteiger partial charge in [-0.15, -0.1) is 11.3 Å². The molecule has 2 unspecified atom stereocenters. The van der Waals surface area contributed by atoms with Gasteiger partial charge in [0.25, 0.3) is 0 Å². The second-order valence-electron chi connectivity index (χ2n) is 5.49. The first-order chi connectivity index (χ1) is 11.8. The minimum atomic E-state index is 0.282. The van der Waals surface area contributed by atoms with Gasteiger partial charge in [0, 0.05) is 42.2 Å². The van der Waals surface area contributed by atoms with Crippen molar-refractivity contribution in [3.63, 3.8) is 0 Å². The highest BCUT2D eigenvalue weighted by Gasteiger charge is 2.21. The van der Waals surface area contributed by atoms with Gasteiger partial charge in [0.15, 0.2) is 10.3 Å². The second-order valence-corrected chi connectivity index (χ2v) is 8.23. The number of aliphatic imine (C=N–C) groups is 2. The lowest BCUT2D eigenvalue weighted by atomic mass is 10.2. The maximum absolute atomic E-state index is 4.70. The van der Waals surface area contributed by atoms with Crippen LogP contribution in [0.4, 0.5) is 0 Å². The Morgan fingerprint density at radius 3 is 2.62 bits per heavy atom. The van der Waals surface area contributed by atoms with E-state index in [4.69, 9.17) is 4.99 Å². The molecule has 4 heterocycles. The molecule has 0 fully saturated rings. The van der Waals surface area contributed by atoms with E-state index in [9.17, 15) is 0 Å². The number of imidazole rings is 1. The largest absolute Gasteiger partial charge is 0.335 e. The van der Waals surface area contributed by atoms with Crippen molar-refractivity contribution < 1.29 is 0 Å². The highest BCUT2D eigenvalue weighted by Crippen LogP contribution is 2.21. The number of aromatic nitrogens is 3. The van der Waals surface area contributed by atoms with Crippen molar-refractivity contribution in [1.29, 1.82) is 0 Å². The van der Waals surface area contributed by atoms with E-state index in [-0.39, 0.29) is 6.04 Å². The molecule has 0 amide bonds. The summed E-state index contributed by atoms with van der Waals surface area (Å²) in [6.07, 6.45) is 6.50. The smallest absolute Gasteiger partial charge is 0.175 e. The Bertz CT molecular complexity index is 649. The molecule has 2 aliphatic heterocycles. The van der Waals surface area contributed by atoms with Gasteiger partial charge in [0.05, 0.1) is 29.6 Å². The third-order valence-corrected chi connectivity index (χ3v) is 6.31. The van der Waals surface area contributed by atoms with Crippen LogP contribution in [0.2, 0.25) is 0 Å². The van der Waals surface area contributed by atoms with Gasteiger partial charge in [-0.2, -0.15) is 0 Å². The van der Waals surface area contributed by atoms with Crippen molar-refractivity contribution >= 4 is 45.2 Å². The molecule has 7 nitrogen and oxygen atoms in total. The van der Waals surface area contributed by atoms with Crippen LogP contribution in [0.1, 0.15) is 5.69 Å². The minimum Gasteiger partial charge on any atom is -0.335 e. The second kappa shape index (κ2) is 7.58. The zero-order valence-corrected chi connectivity index (χ0v) is 15.3. The quantitative estimate of drug-likeness (QED) is 0.786. The standard InChI is InChI=1S/C14H17N7S3/c1-2-21(8-15-1)4-12-7-24-14(18-12)20-19-13-17-11(6-23-13)3-10-5-22-9-16-10/h1-2,5,8-9,11-12H,3-4,6-7H2,(H,17,19)(H,18,20). The fraction of sp³-hybridized carbons (Fsp3) is 0.429. The molecule has 0 radical (unpaired) electrons. The molecule has 0 aliphatic carbocycles. The normalized spacial score (nSPS) is 23.2. The fourth-order valence-electron chi connectivity index (χ4n) is 2.49. The van der Waals surface area contributed by atoms with Gasteiger partial charge in [-0.25, -0.2) is 9.97 Å². The molecule has 24 heavy (non-hydrogen) atoms. The van der Waals surface area contributed by atoms with Crippen LogP contribution in [-0.2, 0) is 13.0 Å². The Balaban J connectivity index is 1.25. The molecule has 2 aromatic rings. The molecule has 0 saturated heterocycles. The van der Waals surface area contributed by atoms with Crippen molar-refractivity contribution in [2.24, 2.45) is 9.98 Å². The van der Waals surface area contributed by atoms with E-state index in [1.54, 1.807) is 41.1 Å². The summed E-state index contributed by atoms with van der Waals surface area (Å²) in [6, 6.07) is 0.581. The number of nitrogens with zero attached hydrogens (tertiary/aromatic N) is 5. The van der Waals surface area contributed by atoms with Crippen LogP contribution >= 0.6 is 34.9 Å². The van der Waals surface area contributed by atoms with Crippen LogP contribution in [0.5, 0.6) is 0 Å². The third kappa shape index (κ3) is 4.11. The number of nitrogens with one attached hydrogen (secondary N) is 2. The predicted molar refractivity (Wildman–Crippen MR) is 102 cm³/mol. The van der Waals surface area contributed by atoms with Crippen molar-refractivity contribution in [2.75, 3.05) is 11.5 Å². The van der Waals surface area contributed by atoms with E-state index in [1.165, 1.54) is 0 Å². The minimum absolute atomic E-state index is 0.282. The lowest BCUT2D eigenvalue weighted by Gasteiger charge is -2.07. The molecule has 2 atom stereocenters. The number of rotatable bonds is 4. The monoisotopic (exact) mass is 379 g/mol. The van der Waals surface area contributed by atoms with Gasteiger partial charge < -0.3 is 4.57 Å². The van der Waals surface area contributed by atoms with Crippen LogP contribution in [-0.4, -0.2) is 48.5 Å². The summed E-state index contributed by atoms with van der Waals surface area (Å²) in [5, 5.41) is 3.94. The fourth-order valence-corrected chi connectivity index (χ4v) is 4.83. The molecule has 4 rings (SSSR count). The van der Waals surface area contributed by atoms with E-state index in [1.807, 2.05) is 18.0 Å². The Kier molecular flexibility index (Phi) is 5.04.